The summed E-state index contributed by atoms with van der Waals surface area (Å²) in [5, 5.41) is 4.31. The van der Waals surface area contributed by atoms with Gasteiger partial charge in [-0.1, -0.05) is 41.9 Å². The van der Waals surface area contributed by atoms with Crippen molar-refractivity contribution >= 4 is 23.7 Å². The van der Waals surface area contributed by atoms with Crippen molar-refractivity contribution in [1.82, 2.24) is 9.99 Å². The fraction of sp³-hybridized carbons (Fsp3) is 0.0500. The highest BCUT2D eigenvalue weighted by Crippen LogP contribution is 2.15. The Morgan fingerprint density at radius 1 is 1.15 bits per heavy atom. The minimum absolute atomic E-state index is 0.0547. The molecule has 0 bridgehead atoms. The van der Waals surface area contributed by atoms with Gasteiger partial charge < -0.3 is 4.57 Å². The molecule has 27 heavy (non-hydrogen) atoms. The molecule has 1 heterocycles. The van der Waals surface area contributed by atoms with Gasteiger partial charge in [-0.25, -0.2) is 9.82 Å². The summed E-state index contributed by atoms with van der Waals surface area (Å²) in [5.74, 6) is -1.06. The van der Waals surface area contributed by atoms with Gasteiger partial charge in [0.15, 0.2) is 0 Å². The minimum atomic E-state index is -0.652. The third-order valence-electron chi connectivity index (χ3n) is 3.79. The Morgan fingerprint density at radius 3 is 2.74 bits per heavy atom. The molecule has 3 rings (SSSR count). The largest absolute Gasteiger partial charge is 0.310 e. The van der Waals surface area contributed by atoms with Crippen molar-refractivity contribution in [3.8, 4) is 0 Å². The van der Waals surface area contributed by atoms with E-state index in [-0.39, 0.29) is 12.1 Å². The van der Waals surface area contributed by atoms with Gasteiger partial charge >= 0.3 is 0 Å². The van der Waals surface area contributed by atoms with Crippen molar-refractivity contribution in [3.05, 3.63) is 105 Å². The summed E-state index contributed by atoms with van der Waals surface area (Å²) in [6.45, 7) is 0.242. The second-order valence-corrected chi connectivity index (χ2v) is 6.11. The average Bonchev–Trinajstić information content (AvgIpc) is 2.65. The smallest absolute Gasteiger partial charge is 0.276 e. The molecule has 1 N–H and O–H groups in total. The highest BCUT2D eigenvalue weighted by atomic mass is 35.5. The molecule has 1 amide bonds. The van der Waals surface area contributed by atoms with Crippen LogP contribution in [-0.2, 0) is 6.54 Å². The second-order valence-electron chi connectivity index (χ2n) is 5.70. The van der Waals surface area contributed by atoms with Crippen LogP contribution in [-0.4, -0.2) is 16.7 Å². The molecule has 5 nitrogen and oxygen atoms in total. The molecule has 0 aliphatic heterocycles. The van der Waals surface area contributed by atoms with Gasteiger partial charge in [0.2, 0.25) is 0 Å². The molecule has 136 valence electrons. The molecule has 0 aliphatic rings. The zero-order chi connectivity index (χ0) is 19.2. The van der Waals surface area contributed by atoms with Crippen LogP contribution >= 0.6 is 11.6 Å². The third kappa shape index (κ3) is 4.68. The predicted octanol–water partition coefficient (Wildman–Crippen LogP) is 3.45. The molecular weight excluding hydrogens is 369 g/mol. The number of hydrogen-bond donors (Lipinski definition) is 1. The second kappa shape index (κ2) is 8.42. The molecule has 3 aromatic rings. The summed E-state index contributed by atoms with van der Waals surface area (Å²) >= 11 is 6.13. The Balaban J connectivity index is 1.76. The number of aromatic nitrogens is 1. The van der Waals surface area contributed by atoms with Crippen molar-refractivity contribution in [1.29, 1.82) is 0 Å². The number of benzene rings is 2. The van der Waals surface area contributed by atoms with Crippen LogP contribution in [0.5, 0.6) is 0 Å². The van der Waals surface area contributed by atoms with E-state index in [0.29, 0.717) is 10.6 Å². The first-order chi connectivity index (χ1) is 13.0. The van der Waals surface area contributed by atoms with Crippen LogP contribution in [0.15, 0.2) is 76.8 Å². The Morgan fingerprint density at radius 2 is 1.96 bits per heavy atom. The van der Waals surface area contributed by atoms with Crippen LogP contribution in [0.3, 0.4) is 0 Å². The molecule has 0 aliphatic carbocycles. The zero-order valence-corrected chi connectivity index (χ0v) is 14.9. The van der Waals surface area contributed by atoms with Crippen molar-refractivity contribution in [2.75, 3.05) is 0 Å². The lowest BCUT2D eigenvalue weighted by atomic mass is 10.2. The van der Waals surface area contributed by atoms with Crippen molar-refractivity contribution in [3.63, 3.8) is 0 Å². The normalized spacial score (nSPS) is 10.9. The summed E-state index contributed by atoms with van der Waals surface area (Å²) in [6, 6.07) is 15.9. The number of carbonyl (C=O) groups excluding carboxylic acids is 1. The lowest BCUT2D eigenvalue weighted by molar-refractivity contribution is 0.0953. The van der Waals surface area contributed by atoms with E-state index in [0.717, 1.165) is 5.56 Å². The number of halogens is 2. The van der Waals surface area contributed by atoms with Gasteiger partial charge in [0.25, 0.3) is 11.5 Å². The van der Waals surface area contributed by atoms with Crippen LogP contribution in [0.2, 0.25) is 5.02 Å². The summed E-state index contributed by atoms with van der Waals surface area (Å²) in [5.41, 5.74) is 3.01. The molecule has 0 radical (unpaired) electrons. The van der Waals surface area contributed by atoms with Gasteiger partial charge in [-0.15, -0.1) is 0 Å². The molecule has 0 saturated heterocycles. The number of pyridine rings is 1. The fourth-order valence-corrected chi connectivity index (χ4v) is 2.65. The van der Waals surface area contributed by atoms with Crippen LogP contribution in [0, 0.1) is 5.82 Å². The Kier molecular flexibility index (Phi) is 5.78. The number of amides is 1. The highest BCUT2D eigenvalue weighted by Gasteiger charge is 2.12. The maximum atomic E-state index is 13.1. The molecule has 0 atom stereocenters. The molecule has 2 aromatic carbocycles. The average molecular weight is 384 g/mol. The fourth-order valence-electron chi connectivity index (χ4n) is 2.46. The van der Waals surface area contributed by atoms with Crippen LogP contribution < -0.4 is 11.0 Å². The Labute approximate surface area is 159 Å². The zero-order valence-electron chi connectivity index (χ0n) is 14.1. The monoisotopic (exact) mass is 383 g/mol. The van der Waals surface area contributed by atoms with Gasteiger partial charge in [0, 0.05) is 11.2 Å². The Bertz CT molecular complexity index is 1060. The van der Waals surface area contributed by atoms with E-state index in [9.17, 15) is 14.0 Å². The third-order valence-corrected chi connectivity index (χ3v) is 4.16. The van der Waals surface area contributed by atoms with Crippen LogP contribution in [0.4, 0.5) is 4.39 Å². The van der Waals surface area contributed by atoms with E-state index < -0.39 is 17.3 Å². The molecule has 0 spiro atoms. The molecule has 0 saturated carbocycles. The summed E-state index contributed by atoms with van der Waals surface area (Å²) in [7, 11) is 0. The van der Waals surface area contributed by atoms with Gasteiger partial charge in [-0.3, -0.25) is 9.59 Å². The number of hydrogen-bond acceptors (Lipinski definition) is 3. The quantitative estimate of drug-likeness (QED) is 0.541. The Hall–Kier alpha value is -3.25. The number of rotatable bonds is 5. The first-order valence-electron chi connectivity index (χ1n) is 8.06. The molecule has 7 heteroatoms. The van der Waals surface area contributed by atoms with E-state index >= 15 is 0 Å². The summed E-state index contributed by atoms with van der Waals surface area (Å²) in [4.78, 5) is 24.8. The molecular formula is C20H15ClFN3O2. The number of nitrogens with one attached hydrogen (secondary N) is 1. The lowest BCUT2D eigenvalue weighted by Gasteiger charge is -2.09. The maximum absolute atomic E-state index is 13.1. The van der Waals surface area contributed by atoms with Gasteiger partial charge in [0.05, 0.1) is 12.8 Å². The summed E-state index contributed by atoms with van der Waals surface area (Å²) < 4.78 is 14.5. The van der Waals surface area contributed by atoms with Gasteiger partial charge in [-0.2, -0.15) is 5.10 Å². The van der Waals surface area contributed by atoms with E-state index in [1.54, 1.807) is 30.5 Å². The van der Waals surface area contributed by atoms with E-state index in [2.05, 4.69) is 10.5 Å². The van der Waals surface area contributed by atoms with Crippen LogP contribution in [0.1, 0.15) is 21.5 Å². The highest BCUT2D eigenvalue weighted by molar-refractivity contribution is 6.31. The molecule has 1 aromatic heterocycles. The predicted molar refractivity (Wildman–Crippen MR) is 103 cm³/mol. The lowest BCUT2D eigenvalue weighted by Crippen LogP contribution is -2.31. The number of hydrazone groups is 1. The molecule has 0 fully saturated rings. The first-order valence-corrected chi connectivity index (χ1v) is 8.44. The molecule has 0 unspecified atom stereocenters. The summed E-state index contributed by atoms with van der Waals surface area (Å²) in [6.07, 6.45) is 2.88. The first kappa shape index (κ1) is 18.5. The number of carbonyl (C=O) groups is 1. The van der Waals surface area contributed by atoms with Crippen LogP contribution in [0.25, 0.3) is 0 Å². The standard InChI is InChI=1S/C20H15ClFN3O2/c21-18-9-2-1-6-15(18)13-25-10-4-8-17(20(25)27)19(26)24-23-12-14-5-3-7-16(22)11-14/h1-12H,13H2,(H,24,26)/b23-12-. The number of nitrogens with zero attached hydrogens (tertiary/aromatic N) is 2. The van der Waals surface area contributed by atoms with E-state index in [1.807, 2.05) is 12.1 Å². The van der Waals surface area contributed by atoms with E-state index in [4.69, 9.17) is 11.6 Å². The van der Waals surface area contributed by atoms with Gasteiger partial charge in [0.1, 0.15) is 11.4 Å². The van der Waals surface area contributed by atoms with Crippen molar-refractivity contribution in [2.45, 2.75) is 6.54 Å². The van der Waals surface area contributed by atoms with E-state index in [1.165, 1.54) is 35.0 Å². The maximum Gasteiger partial charge on any atom is 0.276 e. The van der Waals surface area contributed by atoms with Crippen molar-refractivity contribution in [2.24, 2.45) is 5.10 Å². The topological polar surface area (TPSA) is 63.5 Å². The minimum Gasteiger partial charge on any atom is -0.310 e. The SMILES string of the molecule is O=C(N/N=C\c1cccc(F)c1)c1cccn(Cc2ccccc2Cl)c1=O. The van der Waals surface area contributed by atoms with Crippen molar-refractivity contribution < 1.29 is 9.18 Å². The van der Waals surface area contributed by atoms with Gasteiger partial charge in [-0.05, 0) is 41.5 Å².